The number of carbonyl (C=O) groups is 1. The molecule has 90 valence electrons. The van der Waals surface area contributed by atoms with Crippen molar-refractivity contribution in [1.29, 1.82) is 0 Å². The van der Waals surface area contributed by atoms with Crippen molar-refractivity contribution in [3.63, 3.8) is 0 Å². The van der Waals surface area contributed by atoms with Crippen LogP contribution >= 0.6 is 0 Å². The Hall–Kier alpha value is -0.990. The van der Waals surface area contributed by atoms with Crippen molar-refractivity contribution in [2.24, 2.45) is 11.8 Å². The van der Waals surface area contributed by atoms with Gasteiger partial charge in [0.25, 0.3) is 0 Å². The molecule has 2 aliphatic rings. The first-order chi connectivity index (χ1) is 7.40. The van der Waals surface area contributed by atoms with Crippen LogP contribution in [0.5, 0.6) is 0 Å². The number of carbonyl (C=O) groups excluding carboxylic acids is 1. The zero-order valence-corrected chi connectivity index (χ0v) is 10.4. The molecule has 0 aromatic carbocycles. The first-order valence-electron chi connectivity index (χ1n) is 6.03. The van der Waals surface area contributed by atoms with E-state index in [1.807, 2.05) is 31.7 Å². The molecule has 1 aliphatic heterocycles. The number of hydrogen-bond donors (Lipinski definition) is 0. The lowest BCUT2D eigenvalue weighted by Crippen LogP contribution is -2.46. The Bertz CT molecular complexity index is 306. The van der Waals surface area contributed by atoms with Crippen molar-refractivity contribution < 1.29 is 9.53 Å². The maximum atomic E-state index is 12.0. The van der Waals surface area contributed by atoms with E-state index in [-0.39, 0.29) is 12.1 Å². The van der Waals surface area contributed by atoms with Crippen molar-refractivity contribution in [3.05, 3.63) is 12.7 Å². The summed E-state index contributed by atoms with van der Waals surface area (Å²) in [6.07, 6.45) is 4.01. The van der Waals surface area contributed by atoms with Gasteiger partial charge in [-0.3, -0.25) is 0 Å². The summed E-state index contributed by atoms with van der Waals surface area (Å²) < 4.78 is 5.42. The summed E-state index contributed by atoms with van der Waals surface area (Å²) >= 11 is 0. The molecule has 0 aromatic rings. The predicted octanol–water partition coefficient (Wildman–Crippen LogP) is 2.82. The van der Waals surface area contributed by atoms with Gasteiger partial charge in [-0.25, -0.2) is 4.79 Å². The minimum absolute atomic E-state index is 0.165. The van der Waals surface area contributed by atoms with Gasteiger partial charge in [-0.1, -0.05) is 6.08 Å². The van der Waals surface area contributed by atoms with Gasteiger partial charge in [0.2, 0.25) is 0 Å². The van der Waals surface area contributed by atoms with Crippen molar-refractivity contribution in [3.8, 4) is 0 Å². The lowest BCUT2D eigenvalue weighted by Gasteiger charge is -2.34. The Morgan fingerprint density at radius 3 is 2.62 bits per heavy atom. The van der Waals surface area contributed by atoms with Crippen LogP contribution in [-0.4, -0.2) is 29.2 Å². The maximum Gasteiger partial charge on any atom is 0.410 e. The molecule has 0 aromatic heterocycles. The molecule has 0 bridgehead atoms. The van der Waals surface area contributed by atoms with Gasteiger partial charge in [0.1, 0.15) is 5.60 Å². The summed E-state index contributed by atoms with van der Waals surface area (Å²) in [6, 6.07) is 0.165. The van der Waals surface area contributed by atoms with Gasteiger partial charge in [0.15, 0.2) is 0 Å². The average Bonchev–Trinajstić information content (AvgIpc) is 2.90. The highest BCUT2D eigenvalue weighted by molar-refractivity contribution is 5.69. The summed E-state index contributed by atoms with van der Waals surface area (Å²) in [5, 5.41) is 0. The maximum absolute atomic E-state index is 12.0. The van der Waals surface area contributed by atoms with E-state index in [1.165, 1.54) is 6.42 Å². The Morgan fingerprint density at radius 2 is 2.06 bits per heavy atom. The van der Waals surface area contributed by atoms with E-state index in [9.17, 15) is 4.79 Å². The lowest BCUT2D eigenvalue weighted by molar-refractivity contribution is 0.0139. The number of rotatable bonds is 1. The monoisotopic (exact) mass is 223 g/mol. The van der Waals surface area contributed by atoms with Crippen LogP contribution in [0.2, 0.25) is 0 Å². The number of fused-ring (bicyclic) bond motifs is 1. The Kier molecular flexibility index (Phi) is 2.72. The van der Waals surface area contributed by atoms with Gasteiger partial charge >= 0.3 is 6.09 Å². The van der Waals surface area contributed by atoms with E-state index in [0.717, 1.165) is 18.9 Å². The fourth-order valence-corrected chi connectivity index (χ4v) is 2.40. The Labute approximate surface area is 97.5 Å². The highest BCUT2D eigenvalue weighted by atomic mass is 16.6. The number of likely N-dealkylation sites (tertiary alicyclic amines) is 1. The fourth-order valence-electron chi connectivity index (χ4n) is 2.40. The first kappa shape index (κ1) is 11.5. The van der Waals surface area contributed by atoms with E-state index >= 15 is 0 Å². The van der Waals surface area contributed by atoms with E-state index < -0.39 is 5.60 Å². The van der Waals surface area contributed by atoms with Gasteiger partial charge < -0.3 is 9.64 Å². The number of ether oxygens (including phenoxy) is 1. The Morgan fingerprint density at radius 1 is 1.38 bits per heavy atom. The van der Waals surface area contributed by atoms with Crippen LogP contribution in [0.25, 0.3) is 0 Å². The Balaban J connectivity index is 2.00. The first-order valence-corrected chi connectivity index (χ1v) is 6.03. The van der Waals surface area contributed by atoms with Crippen LogP contribution in [0.1, 0.15) is 33.6 Å². The summed E-state index contributed by atoms with van der Waals surface area (Å²) in [6.45, 7) is 10.4. The molecule has 0 unspecified atom stereocenters. The topological polar surface area (TPSA) is 29.5 Å². The number of hydrogen-bond acceptors (Lipinski definition) is 2. The molecule has 0 N–H and O–H groups in total. The molecule has 16 heavy (non-hydrogen) atoms. The van der Waals surface area contributed by atoms with Gasteiger partial charge in [0, 0.05) is 6.54 Å². The second kappa shape index (κ2) is 3.79. The van der Waals surface area contributed by atoms with Crippen LogP contribution in [0.3, 0.4) is 0 Å². The quantitative estimate of drug-likeness (QED) is 0.640. The number of nitrogens with zero attached hydrogens (tertiary/aromatic N) is 1. The van der Waals surface area contributed by atoms with Crippen molar-refractivity contribution in [1.82, 2.24) is 4.90 Å². The van der Waals surface area contributed by atoms with E-state index in [2.05, 4.69) is 6.58 Å². The molecular formula is C13H21NO2. The summed E-state index contributed by atoms with van der Waals surface area (Å²) in [5.41, 5.74) is -0.413. The average molecular weight is 223 g/mol. The van der Waals surface area contributed by atoms with Crippen LogP contribution in [0.4, 0.5) is 4.79 Å². The highest BCUT2D eigenvalue weighted by Gasteiger charge is 2.46. The van der Waals surface area contributed by atoms with Crippen LogP contribution in [0.15, 0.2) is 12.7 Å². The highest BCUT2D eigenvalue weighted by Crippen LogP contribution is 2.47. The second-order valence-electron chi connectivity index (χ2n) is 5.93. The van der Waals surface area contributed by atoms with E-state index in [1.54, 1.807) is 0 Å². The zero-order valence-electron chi connectivity index (χ0n) is 10.4. The molecule has 1 saturated carbocycles. The molecule has 0 spiro atoms. The molecule has 2 fully saturated rings. The minimum atomic E-state index is -0.413. The third kappa shape index (κ3) is 2.39. The molecule has 0 radical (unpaired) electrons. The van der Waals surface area contributed by atoms with Crippen LogP contribution in [-0.2, 0) is 4.74 Å². The van der Waals surface area contributed by atoms with Gasteiger partial charge in [-0.15, -0.1) is 6.58 Å². The zero-order chi connectivity index (χ0) is 11.9. The molecule has 1 saturated heterocycles. The van der Waals surface area contributed by atoms with E-state index in [4.69, 9.17) is 4.74 Å². The SMILES string of the molecule is C=C[C@@H]1C[C@@H]2C[C@@H]2CN1C(=O)OC(C)(C)C. The third-order valence-corrected chi connectivity index (χ3v) is 3.34. The number of amides is 1. The largest absolute Gasteiger partial charge is 0.444 e. The molecule has 1 aliphatic carbocycles. The predicted molar refractivity (Wildman–Crippen MR) is 63.1 cm³/mol. The number of piperidine rings is 1. The molecule has 3 heteroatoms. The van der Waals surface area contributed by atoms with Crippen LogP contribution in [0, 0.1) is 11.8 Å². The standard InChI is InChI=1S/C13H21NO2/c1-5-11-7-9-6-10(9)8-14(11)12(15)16-13(2,3)4/h5,9-11H,1,6-8H2,2-4H3/t9-,10+,11+/m0/s1. The van der Waals surface area contributed by atoms with Crippen molar-refractivity contribution in [2.75, 3.05) is 6.54 Å². The van der Waals surface area contributed by atoms with Gasteiger partial charge in [-0.05, 0) is 45.4 Å². The summed E-state index contributed by atoms with van der Waals surface area (Å²) in [4.78, 5) is 13.8. The smallest absolute Gasteiger partial charge is 0.410 e. The summed E-state index contributed by atoms with van der Waals surface area (Å²) in [7, 11) is 0. The third-order valence-electron chi connectivity index (χ3n) is 3.34. The fraction of sp³-hybridized carbons (Fsp3) is 0.769. The van der Waals surface area contributed by atoms with Crippen molar-refractivity contribution >= 4 is 6.09 Å². The molecule has 2 rings (SSSR count). The second-order valence-corrected chi connectivity index (χ2v) is 5.93. The van der Waals surface area contributed by atoms with Gasteiger partial charge in [-0.2, -0.15) is 0 Å². The molecular weight excluding hydrogens is 202 g/mol. The van der Waals surface area contributed by atoms with Gasteiger partial charge in [0.05, 0.1) is 6.04 Å². The normalized spacial score (nSPS) is 32.9. The van der Waals surface area contributed by atoms with Crippen LogP contribution < -0.4 is 0 Å². The molecule has 3 nitrogen and oxygen atoms in total. The molecule has 1 heterocycles. The minimum Gasteiger partial charge on any atom is -0.444 e. The summed E-state index contributed by atoms with van der Waals surface area (Å²) in [5.74, 6) is 1.53. The van der Waals surface area contributed by atoms with E-state index in [0.29, 0.717) is 5.92 Å². The molecule has 1 amide bonds. The lowest BCUT2D eigenvalue weighted by atomic mass is 10.0. The molecule has 3 atom stereocenters. The van der Waals surface area contributed by atoms with Crippen molar-refractivity contribution in [2.45, 2.75) is 45.3 Å².